The second-order valence-electron chi connectivity index (χ2n) is 4.75. The Morgan fingerprint density at radius 2 is 1.76 bits per heavy atom. The molecule has 4 N–H and O–H groups in total. The number of primary amides is 1. The van der Waals surface area contributed by atoms with Crippen molar-refractivity contribution in [3.05, 3.63) is 59.2 Å². The molecule has 0 aromatic heterocycles. The third kappa shape index (κ3) is 3.05. The summed E-state index contributed by atoms with van der Waals surface area (Å²) >= 11 is 0. The molecular weight excluding hydrogens is 288 g/mol. The van der Waals surface area contributed by atoms with Gasteiger partial charge in [-0.1, -0.05) is 24.3 Å². The first-order valence-electron chi connectivity index (χ1n) is 6.28. The minimum Gasteiger partial charge on any atom is -0.398 e. The molecule has 0 spiro atoms. The fraction of sp³-hybridized carbons (Fsp3) is 0.133. The molecule has 0 aliphatic heterocycles. The highest BCUT2D eigenvalue weighted by molar-refractivity contribution is 7.90. The maximum absolute atomic E-state index is 12.5. The third-order valence-corrected chi connectivity index (χ3v) is 5.09. The minimum atomic E-state index is -3.61. The Kier molecular flexibility index (Phi) is 3.99. The average molecular weight is 304 g/mol. The van der Waals surface area contributed by atoms with E-state index in [9.17, 15) is 13.2 Å². The van der Waals surface area contributed by atoms with Crippen molar-refractivity contribution in [3.8, 4) is 0 Å². The van der Waals surface area contributed by atoms with Crippen LogP contribution < -0.4 is 11.5 Å². The van der Waals surface area contributed by atoms with Gasteiger partial charge in [0.25, 0.3) is 0 Å². The number of hydrogen-bond donors (Lipinski definition) is 2. The number of benzene rings is 2. The van der Waals surface area contributed by atoms with Crippen molar-refractivity contribution >= 4 is 21.4 Å². The van der Waals surface area contributed by atoms with Gasteiger partial charge < -0.3 is 11.5 Å². The second-order valence-corrected chi connectivity index (χ2v) is 6.71. The maximum Gasteiger partial charge on any atom is 0.249 e. The van der Waals surface area contributed by atoms with E-state index in [1.807, 2.05) is 0 Å². The predicted octanol–water partition coefficient (Wildman–Crippen LogP) is 1.65. The van der Waals surface area contributed by atoms with Gasteiger partial charge in [-0.25, -0.2) is 8.42 Å². The molecule has 2 aromatic rings. The van der Waals surface area contributed by atoms with Crippen LogP contribution in [0.25, 0.3) is 0 Å². The van der Waals surface area contributed by atoms with Crippen molar-refractivity contribution in [1.29, 1.82) is 0 Å². The lowest BCUT2D eigenvalue weighted by molar-refractivity contribution is 0.0999. The molecule has 0 fully saturated rings. The Morgan fingerprint density at radius 1 is 1.10 bits per heavy atom. The minimum absolute atomic E-state index is 0.168. The fourth-order valence-electron chi connectivity index (χ4n) is 2.14. The molecule has 21 heavy (non-hydrogen) atoms. The van der Waals surface area contributed by atoms with Gasteiger partial charge in [0.2, 0.25) is 5.91 Å². The Labute approximate surface area is 123 Å². The Balaban J connectivity index is 2.48. The van der Waals surface area contributed by atoms with Gasteiger partial charge in [0.15, 0.2) is 9.84 Å². The quantitative estimate of drug-likeness (QED) is 0.838. The molecule has 0 aliphatic rings. The molecule has 5 nitrogen and oxygen atoms in total. The number of hydrogen-bond acceptors (Lipinski definition) is 4. The van der Waals surface area contributed by atoms with Gasteiger partial charge in [0, 0.05) is 11.3 Å². The van der Waals surface area contributed by atoms with Crippen LogP contribution in [0.4, 0.5) is 5.69 Å². The number of amides is 1. The van der Waals surface area contributed by atoms with E-state index in [2.05, 4.69) is 0 Å². The first kappa shape index (κ1) is 15.1. The van der Waals surface area contributed by atoms with Gasteiger partial charge in [0.1, 0.15) is 0 Å². The van der Waals surface area contributed by atoms with Crippen molar-refractivity contribution in [2.45, 2.75) is 17.6 Å². The number of rotatable bonds is 4. The zero-order chi connectivity index (χ0) is 15.6. The van der Waals surface area contributed by atoms with Crippen LogP contribution in [0.5, 0.6) is 0 Å². The van der Waals surface area contributed by atoms with E-state index in [0.29, 0.717) is 16.8 Å². The van der Waals surface area contributed by atoms with E-state index in [1.54, 1.807) is 37.3 Å². The van der Waals surface area contributed by atoms with Crippen LogP contribution in [0.3, 0.4) is 0 Å². The molecule has 1 amide bonds. The molecule has 0 aliphatic carbocycles. The van der Waals surface area contributed by atoms with E-state index in [4.69, 9.17) is 11.5 Å². The van der Waals surface area contributed by atoms with Crippen molar-refractivity contribution in [2.24, 2.45) is 5.73 Å². The summed E-state index contributed by atoms with van der Waals surface area (Å²) in [5.74, 6) is -0.943. The van der Waals surface area contributed by atoms with E-state index in [0.717, 1.165) is 0 Å². The molecule has 2 rings (SSSR count). The Morgan fingerprint density at radius 3 is 2.43 bits per heavy atom. The highest BCUT2D eigenvalue weighted by atomic mass is 32.2. The highest BCUT2D eigenvalue weighted by Crippen LogP contribution is 2.25. The van der Waals surface area contributed by atoms with Crippen molar-refractivity contribution < 1.29 is 13.2 Å². The summed E-state index contributed by atoms with van der Waals surface area (Å²) in [6.45, 7) is 1.65. The molecule has 0 heterocycles. The second kappa shape index (κ2) is 5.57. The van der Waals surface area contributed by atoms with Crippen LogP contribution in [0, 0.1) is 6.92 Å². The van der Waals surface area contributed by atoms with E-state index in [-0.39, 0.29) is 16.2 Å². The number of carbonyl (C=O) groups is 1. The number of carbonyl (C=O) groups excluding carboxylic acids is 1. The smallest absolute Gasteiger partial charge is 0.249 e. The molecule has 0 atom stereocenters. The summed E-state index contributed by atoms with van der Waals surface area (Å²) in [5, 5.41) is 0. The topological polar surface area (TPSA) is 103 Å². The van der Waals surface area contributed by atoms with Crippen LogP contribution >= 0.6 is 0 Å². The molecule has 0 saturated heterocycles. The Hall–Kier alpha value is -2.34. The third-order valence-electron chi connectivity index (χ3n) is 3.29. The molecule has 6 heteroatoms. The standard InChI is InChI=1S/C15H16N2O3S/c1-10-13(16)7-4-8-14(10)21(19,20)9-11-5-2-3-6-12(11)15(17)18/h2-8H,9,16H2,1H3,(H2,17,18). The van der Waals surface area contributed by atoms with E-state index < -0.39 is 15.7 Å². The summed E-state index contributed by atoms with van der Waals surface area (Å²) in [7, 11) is -3.61. The first-order valence-corrected chi connectivity index (χ1v) is 7.93. The first-order chi connectivity index (χ1) is 9.83. The number of sulfone groups is 1. The van der Waals surface area contributed by atoms with Gasteiger partial charge in [-0.15, -0.1) is 0 Å². The summed E-state index contributed by atoms with van der Waals surface area (Å²) < 4.78 is 25.1. The highest BCUT2D eigenvalue weighted by Gasteiger charge is 2.21. The zero-order valence-corrected chi connectivity index (χ0v) is 12.4. The average Bonchev–Trinajstić information content (AvgIpc) is 2.41. The lowest BCUT2D eigenvalue weighted by Gasteiger charge is -2.11. The maximum atomic E-state index is 12.5. The van der Waals surface area contributed by atoms with Crippen LogP contribution in [-0.2, 0) is 15.6 Å². The van der Waals surface area contributed by atoms with Crippen LogP contribution in [0.2, 0.25) is 0 Å². The molecule has 0 bridgehead atoms. The van der Waals surface area contributed by atoms with Gasteiger partial charge >= 0.3 is 0 Å². The normalized spacial score (nSPS) is 11.3. The fourth-order valence-corrected chi connectivity index (χ4v) is 3.82. The zero-order valence-electron chi connectivity index (χ0n) is 11.5. The Bertz CT molecular complexity index is 798. The molecular formula is C15H16N2O3S. The van der Waals surface area contributed by atoms with Crippen LogP contribution in [-0.4, -0.2) is 14.3 Å². The number of nitrogens with two attached hydrogens (primary N) is 2. The van der Waals surface area contributed by atoms with E-state index >= 15 is 0 Å². The molecule has 110 valence electrons. The summed E-state index contributed by atoms with van der Waals surface area (Å²) in [5.41, 5.74) is 12.5. The molecule has 0 radical (unpaired) electrons. The number of anilines is 1. The van der Waals surface area contributed by atoms with Gasteiger partial charge in [0.05, 0.1) is 10.6 Å². The van der Waals surface area contributed by atoms with Gasteiger partial charge in [-0.05, 0) is 36.2 Å². The van der Waals surface area contributed by atoms with Crippen molar-refractivity contribution in [3.63, 3.8) is 0 Å². The predicted molar refractivity (Wildman–Crippen MR) is 81.4 cm³/mol. The summed E-state index contributed by atoms with van der Waals surface area (Å²) in [4.78, 5) is 11.5. The van der Waals surface area contributed by atoms with Gasteiger partial charge in [-0.3, -0.25) is 4.79 Å². The van der Waals surface area contributed by atoms with E-state index in [1.165, 1.54) is 12.1 Å². The molecule has 0 saturated carbocycles. The SMILES string of the molecule is Cc1c(N)cccc1S(=O)(=O)Cc1ccccc1C(N)=O. The number of nitrogen functional groups attached to an aromatic ring is 1. The lowest BCUT2D eigenvalue weighted by Crippen LogP contribution is -2.16. The summed E-state index contributed by atoms with van der Waals surface area (Å²) in [6.07, 6.45) is 0. The van der Waals surface area contributed by atoms with Crippen LogP contribution in [0.1, 0.15) is 21.5 Å². The molecule has 2 aromatic carbocycles. The monoisotopic (exact) mass is 304 g/mol. The largest absolute Gasteiger partial charge is 0.398 e. The van der Waals surface area contributed by atoms with Crippen molar-refractivity contribution in [2.75, 3.05) is 5.73 Å². The lowest BCUT2D eigenvalue weighted by atomic mass is 10.1. The van der Waals surface area contributed by atoms with Crippen molar-refractivity contribution in [1.82, 2.24) is 0 Å². The summed E-state index contributed by atoms with van der Waals surface area (Å²) in [6, 6.07) is 11.2. The molecule has 0 unspecified atom stereocenters. The van der Waals surface area contributed by atoms with Gasteiger partial charge in [-0.2, -0.15) is 0 Å². The van der Waals surface area contributed by atoms with Crippen LogP contribution in [0.15, 0.2) is 47.4 Å².